The molecular weight excluding hydrogens is 333 g/mol. The van der Waals surface area contributed by atoms with Crippen LogP contribution in [0.2, 0.25) is 0 Å². The SMILES string of the molecule is N#Cc1[nH]nnc1-c1cccc(OC[C@H]2CC[C@H](C(F)(F)F)CC2)c1. The van der Waals surface area contributed by atoms with Gasteiger partial charge >= 0.3 is 6.18 Å². The van der Waals surface area contributed by atoms with Crippen LogP contribution < -0.4 is 4.74 Å². The summed E-state index contributed by atoms with van der Waals surface area (Å²) >= 11 is 0. The molecule has 0 unspecified atom stereocenters. The third kappa shape index (κ3) is 4.10. The van der Waals surface area contributed by atoms with Gasteiger partial charge in [0.05, 0.1) is 12.5 Å². The van der Waals surface area contributed by atoms with E-state index in [1.54, 1.807) is 24.3 Å². The molecule has 0 spiro atoms. The number of rotatable bonds is 4. The maximum Gasteiger partial charge on any atom is 0.391 e. The zero-order valence-electron chi connectivity index (χ0n) is 13.4. The average molecular weight is 350 g/mol. The molecule has 8 heteroatoms. The number of nitrogens with one attached hydrogen (secondary N) is 1. The molecule has 1 heterocycles. The summed E-state index contributed by atoms with van der Waals surface area (Å²) in [4.78, 5) is 0. The van der Waals surface area contributed by atoms with Crippen LogP contribution in [0.15, 0.2) is 24.3 Å². The molecular formula is C17H17F3N4O. The Kier molecular flexibility index (Phi) is 4.93. The highest BCUT2D eigenvalue weighted by molar-refractivity contribution is 5.65. The van der Waals surface area contributed by atoms with Crippen LogP contribution in [0.25, 0.3) is 11.3 Å². The maximum atomic E-state index is 12.7. The largest absolute Gasteiger partial charge is 0.493 e. The van der Waals surface area contributed by atoms with Crippen molar-refractivity contribution in [3.8, 4) is 23.1 Å². The first-order chi connectivity index (χ1) is 12.0. The fourth-order valence-corrected chi connectivity index (χ4v) is 3.11. The fraction of sp³-hybridized carbons (Fsp3) is 0.471. The standard InChI is InChI=1S/C17H17F3N4O/c18-17(19,20)13-6-4-11(5-7-13)10-25-14-3-1-2-12(8-14)16-15(9-21)22-24-23-16/h1-3,8,11,13H,4-7,10H2,(H,22,23,24)/t11-,13-. The molecule has 0 aliphatic heterocycles. The highest BCUT2D eigenvalue weighted by atomic mass is 19.4. The molecule has 0 saturated heterocycles. The number of halogens is 3. The summed E-state index contributed by atoms with van der Waals surface area (Å²) in [6.07, 6.45) is -2.71. The second-order valence-electron chi connectivity index (χ2n) is 6.25. The quantitative estimate of drug-likeness (QED) is 0.901. The number of alkyl halides is 3. The van der Waals surface area contributed by atoms with Crippen LogP contribution in [0, 0.1) is 23.2 Å². The number of H-pyrrole nitrogens is 1. The molecule has 5 nitrogen and oxygen atoms in total. The summed E-state index contributed by atoms with van der Waals surface area (Å²) in [7, 11) is 0. The van der Waals surface area contributed by atoms with Crippen molar-refractivity contribution in [3.63, 3.8) is 0 Å². The lowest BCUT2D eigenvalue weighted by molar-refractivity contribution is -0.184. The van der Waals surface area contributed by atoms with Gasteiger partial charge in [-0.05, 0) is 43.7 Å². The summed E-state index contributed by atoms with van der Waals surface area (Å²) in [6.45, 7) is 0.387. The van der Waals surface area contributed by atoms with E-state index in [4.69, 9.17) is 10.00 Å². The average Bonchev–Trinajstić information content (AvgIpc) is 3.08. The van der Waals surface area contributed by atoms with Gasteiger partial charge in [-0.3, -0.25) is 0 Å². The highest BCUT2D eigenvalue weighted by Crippen LogP contribution is 2.39. The van der Waals surface area contributed by atoms with E-state index in [1.807, 2.05) is 6.07 Å². The van der Waals surface area contributed by atoms with Crippen LogP contribution >= 0.6 is 0 Å². The van der Waals surface area contributed by atoms with Gasteiger partial charge in [-0.1, -0.05) is 17.3 Å². The van der Waals surface area contributed by atoms with Crippen LogP contribution in [0.5, 0.6) is 5.75 Å². The molecule has 1 saturated carbocycles. The lowest BCUT2D eigenvalue weighted by Gasteiger charge is -2.29. The molecule has 25 heavy (non-hydrogen) atoms. The predicted octanol–water partition coefficient (Wildman–Crippen LogP) is 4.09. The minimum absolute atomic E-state index is 0.129. The van der Waals surface area contributed by atoms with Gasteiger partial charge in [-0.15, -0.1) is 5.10 Å². The number of nitriles is 1. The van der Waals surface area contributed by atoms with Crippen LogP contribution in [0.4, 0.5) is 13.2 Å². The number of ether oxygens (including phenoxy) is 1. The molecule has 0 bridgehead atoms. The van der Waals surface area contributed by atoms with E-state index < -0.39 is 12.1 Å². The van der Waals surface area contributed by atoms with Gasteiger partial charge in [0, 0.05) is 5.56 Å². The van der Waals surface area contributed by atoms with Crippen molar-refractivity contribution < 1.29 is 17.9 Å². The topological polar surface area (TPSA) is 74.6 Å². The van der Waals surface area contributed by atoms with Crippen molar-refractivity contribution in [1.29, 1.82) is 5.26 Å². The van der Waals surface area contributed by atoms with Gasteiger partial charge in [0.1, 0.15) is 17.5 Å². The van der Waals surface area contributed by atoms with Crippen molar-refractivity contribution in [2.24, 2.45) is 11.8 Å². The number of benzene rings is 1. The Morgan fingerprint density at radius 2 is 2.00 bits per heavy atom. The number of aromatic amines is 1. The van der Waals surface area contributed by atoms with E-state index in [9.17, 15) is 13.2 Å². The van der Waals surface area contributed by atoms with Gasteiger partial charge in [0.25, 0.3) is 0 Å². The molecule has 0 atom stereocenters. The Morgan fingerprint density at radius 1 is 1.24 bits per heavy atom. The van der Waals surface area contributed by atoms with Crippen molar-refractivity contribution >= 4 is 0 Å². The molecule has 1 aromatic carbocycles. The van der Waals surface area contributed by atoms with Crippen molar-refractivity contribution in [3.05, 3.63) is 30.0 Å². The number of aromatic nitrogens is 3. The van der Waals surface area contributed by atoms with E-state index in [2.05, 4.69) is 15.4 Å². The summed E-state index contributed by atoms with van der Waals surface area (Å²) in [5.41, 5.74) is 1.41. The van der Waals surface area contributed by atoms with E-state index in [0.29, 0.717) is 36.5 Å². The maximum absolute atomic E-state index is 12.7. The first-order valence-electron chi connectivity index (χ1n) is 8.08. The minimum Gasteiger partial charge on any atom is -0.493 e. The lowest BCUT2D eigenvalue weighted by Crippen LogP contribution is -2.29. The Hall–Kier alpha value is -2.56. The molecule has 1 aromatic heterocycles. The number of hydrogen-bond donors (Lipinski definition) is 1. The van der Waals surface area contributed by atoms with Crippen LogP contribution in [0.3, 0.4) is 0 Å². The predicted molar refractivity (Wildman–Crippen MR) is 83.5 cm³/mol. The second-order valence-corrected chi connectivity index (χ2v) is 6.25. The molecule has 1 aliphatic carbocycles. The molecule has 0 amide bonds. The highest BCUT2D eigenvalue weighted by Gasteiger charge is 2.41. The Balaban J connectivity index is 1.58. The summed E-state index contributed by atoms with van der Waals surface area (Å²) in [5.74, 6) is -0.449. The molecule has 1 fully saturated rings. The second kappa shape index (κ2) is 7.13. The molecule has 0 radical (unpaired) electrons. The van der Waals surface area contributed by atoms with Gasteiger partial charge in [0.15, 0.2) is 5.69 Å². The normalized spacial score (nSPS) is 20.9. The number of hydrogen-bond acceptors (Lipinski definition) is 4. The van der Waals surface area contributed by atoms with Crippen LogP contribution in [0.1, 0.15) is 31.4 Å². The van der Waals surface area contributed by atoms with Gasteiger partial charge in [-0.2, -0.15) is 18.4 Å². The summed E-state index contributed by atoms with van der Waals surface area (Å²) < 4.78 is 43.8. The molecule has 1 N–H and O–H groups in total. The Morgan fingerprint density at radius 3 is 2.68 bits per heavy atom. The molecule has 3 rings (SSSR count). The zero-order chi connectivity index (χ0) is 17.9. The smallest absolute Gasteiger partial charge is 0.391 e. The first-order valence-corrected chi connectivity index (χ1v) is 8.08. The van der Waals surface area contributed by atoms with E-state index >= 15 is 0 Å². The third-order valence-electron chi connectivity index (χ3n) is 4.56. The molecule has 132 valence electrons. The van der Waals surface area contributed by atoms with E-state index in [-0.39, 0.29) is 24.5 Å². The summed E-state index contributed by atoms with van der Waals surface area (Å²) in [5, 5.41) is 19.0. The van der Waals surface area contributed by atoms with Gasteiger partial charge < -0.3 is 4.74 Å². The molecule has 1 aliphatic rings. The van der Waals surface area contributed by atoms with E-state index in [1.165, 1.54) is 0 Å². The van der Waals surface area contributed by atoms with Crippen molar-refractivity contribution in [2.45, 2.75) is 31.9 Å². The monoisotopic (exact) mass is 350 g/mol. The van der Waals surface area contributed by atoms with Gasteiger partial charge in [0.2, 0.25) is 0 Å². The Bertz CT molecular complexity index is 758. The van der Waals surface area contributed by atoms with E-state index in [0.717, 1.165) is 0 Å². The summed E-state index contributed by atoms with van der Waals surface area (Å²) in [6, 6.07) is 9.08. The lowest BCUT2D eigenvalue weighted by atomic mass is 9.82. The van der Waals surface area contributed by atoms with Crippen LogP contribution in [-0.4, -0.2) is 28.2 Å². The zero-order valence-corrected chi connectivity index (χ0v) is 13.4. The van der Waals surface area contributed by atoms with Crippen molar-refractivity contribution in [2.75, 3.05) is 6.61 Å². The Labute approximate surface area is 142 Å². The minimum atomic E-state index is -4.09. The number of nitrogens with zero attached hydrogens (tertiary/aromatic N) is 3. The van der Waals surface area contributed by atoms with Crippen LogP contribution in [-0.2, 0) is 0 Å². The first kappa shape index (κ1) is 17.3. The third-order valence-corrected chi connectivity index (χ3v) is 4.56. The molecule has 2 aromatic rings. The van der Waals surface area contributed by atoms with Crippen molar-refractivity contribution in [1.82, 2.24) is 15.4 Å². The fourth-order valence-electron chi connectivity index (χ4n) is 3.11. The van der Waals surface area contributed by atoms with Gasteiger partial charge in [-0.25, -0.2) is 5.10 Å².